The van der Waals surface area contributed by atoms with Gasteiger partial charge in [0.25, 0.3) is 5.91 Å². The third-order valence-corrected chi connectivity index (χ3v) is 6.16. The Hall–Kier alpha value is -2.42. The SMILES string of the molecule is CN1CCN(c2ccc(OCc3nc4cc(Cl)ccc4s3)c(F)c2C(N)=O)CC1. The van der Waals surface area contributed by atoms with Crippen molar-refractivity contribution in [2.75, 3.05) is 38.1 Å². The number of likely N-dealkylation sites (N-methyl/N-ethyl adjacent to an activating group) is 1. The number of amides is 1. The van der Waals surface area contributed by atoms with Crippen LogP contribution in [0, 0.1) is 5.82 Å². The number of halogens is 2. The number of rotatable bonds is 5. The Kier molecular flexibility index (Phi) is 5.58. The summed E-state index contributed by atoms with van der Waals surface area (Å²) in [7, 11) is 2.03. The summed E-state index contributed by atoms with van der Waals surface area (Å²) in [6.07, 6.45) is 0. The summed E-state index contributed by atoms with van der Waals surface area (Å²) >= 11 is 7.43. The smallest absolute Gasteiger partial charge is 0.253 e. The summed E-state index contributed by atoms with van der Waals surface area (Å²) in [6.45, 7) is 3.15. The average Bonchev–Trinajstić information content (AvgIpc) is 3.09. The summed E-state index contributed by atoms with van der Waals surface area (Å²) in [5, 5.41) is 1.29. The van der Waals surface area contributed by atoms with E-state index in [1.165, 1.54) is 11.3 Å². The number of piperazine rings is 1. The predicted octanol–water partition coefficient (Wildman–Crippen LogP) is 3.52. The number of fused-ring (bicyclic) bond motifs is 1. The molecule has 0 radical (unpaired) electrons. The molecule has 2 heterocycles. The van der Waals surface area contributed by atoms with E-state index in [1.54, 1.807) is 24.3 Å². The van der Waals surface area contributed by atoms with Crippen LogP contribution in [0.4, 0.5) is 10.1 Å². The van der Waals surface area contributed by atoms with Gasteiger partial charge in [-0.2, -0.15) is 0 Å². The van der Waals surface area contributed by atoms with E-state index >= 15 is 4.39 Å². The Morgan fingerprint density at radius 3 is 2.76 bits per heavy atom. The zero-order valence-electron chi connectivity index (χ0n) is 15.8. The molecule has 152 valence electrons. The zero-order valence-corrected chi connectivity index (χ0v) is 17.4. The molecule has 1 fully saturated rings. The molecule has 0 atom stereocenters. The minimum Gasteiger partial charge on any atom is -0.483 e. The fourth-order valence-electron chi connectivity index (χ4n) is 3.35. The molecule has 0 unspecified atom stereocenters. The Morgan fingerprint density at radius 2 is 2.03 bits per heavy atom. The topological polar surface area (TPSA) is 71.7 Å². The molecule has 0 saturated carbocycles. The van der Waals surface area contributed by atoms with Crippen molar-refractivity contribution in [3.8, 4) is 5.75 Å². The molecule has 1 aliphatic rings. The number of hydrogen-bond acceptors (Lipinski definition) is 6. The van der Waals surface area contributed by atoms with E-state index in [1.807, 2.05) is 18.0 Å². The van der Waals surface area contributed by atoms with E-state index in [2.05, 4.69) is 9.88 Å². The van der Waals surface area contributed by atoms with Gasteiger partial charge in [-0.15, -0.1) is 11.3 Å². The number of aromatic nitrogens is 1. The molecular formula is C20H20ClFN4O2S. The Bertz CT molecular complexity index is 1070. The van der Waals surface area contributed by atoms with Crippen LogP contribution in [-0.4, -0.2) is 49.0 Å². The Balaban J connectivity index is 1.57. The van der Waals surface area contributed by atoms with Crippen LogP contribution in [-0.2, 0) is 6.61 Å². The van der Waals surface area contributed by atoms with Crippen molar-refractivity contribution in [2.24, 2.45) is 5.73 Å². The van der Waals surface area contributed by atoms with Crippen molar-refractivity contribution in [3.63, 3.8) is 0 Å². The number of carbonyl (C=O) groups is 1. The molecule has 0 aliphatic carbocycles. The van der Waals surface area contributed by atoms with Gasteiger partial charge in [-0.3, -0.25) is 4.79 Å². The monoisotopic (exact) mass is 434 g/mol. The summed E-state index contributed by atoms with van der Waals surface area (Å²) in [6, 6.07) is 8.69. The molecular weight excluding hydrogens is 415 g/mol. The minimum absolute atomic E-state index is 0.0195. The number of nitrogens with zero attached hydrogens (tertiary/aromatic N) is 3. The van der Waals surface area contributed by atoms with Gasteiger partial charge in [-0.1, -0.05) is 11.6 Å². The first-order chi connectivity index (χ1) is 13.9. The molecule has 1 saturated heterocycles. The lowest BCUT2D eigenvalue weighted by Crippen LogP contribution is -2.45. The van der Waals surface area contributed by atoms with Crippen molar-refractivity contribution in [2.45, 2.75) is 6.61 Å². The summed E-state index contributed by atoms with van der Waals surface area (Å²) in [5.41, 5.74) is 6.63. The highest BCUT2D eigenvalue weighted by atomic mass is 35.5. The number of ether oxygens (including phenoxy) is 1. The van der Waals surface area contributed by atoms with Gasteiger partial charge < -0.3 is 20.3 Å². The van der Waals surface area contributed by atoms with E-state index < -0.39 is 11.7 Å². The summed E-state index contributed by atoms with van der Waals surface area (Å²) in [5.74, 6) is -1.57. The van der Waals surface area contributed by atoms with E-state index in [0.717, 1.165) is 23.3 Å². The van der Waals surface area contributed by atoms with Crippen LogP contribution < -0.4 is 15.4 Å². The minimum atomic E-state index is -0.809. The number of thiazole rings is 1. The Morgan fingerprint density at radius 1 is 1.28 bits per heavy atom. The quantitative estimate of drug-likeness (QED) is 0.665. The molecule has 9 heteroatoms. The molecule has 3 aromatic rings. The lowest BCUT2D eigenvalue weighted by atomic mass is 10.1. The largest absolute Gasteiger partial charge is 0.483 e. The van der Waals surface area contributed by atoms with Gasteiger partial charge in [0.2, 0.25) is 0 Å². The maximum atomic E-state index is 15.1. The number of hydrogen-bond donors (Lipinski definition) is 1. The van der Waals surface area contributed by atoms with Crippen LogP contribution in [0.2, 0.25) is 5.02 Å². The highest BCUT2D eigenvalue weighted by Gasteiger charge is 2.24. The molecule has 1 aliphatic heterocycles. The highest BCUT2D eigenvalue weighted by Crippen LogP contribution is 2.32. The van der Waals surface area contributed by atoms with Crippen molar-refractivity contribution in [3.05, 3.63) is 51.7 Å². The molecule has 2 aromatic carbocycles. The van der Waals surface area contributed by atoms with Crippen LogP contribution >= 0.6 is 22.9 Å². The van der Waals surface area contributed by atoms with Crippen LogP contribution in [0.1, 0.15) is 15.4 Å². The first-order valence-corrected chi connectivity index (χ1v) is 10.4. The first kappa shape index (κ1) is 19.9. The number of primary amides is 1. The normalized spacial score (nSPS) is 15.1. The fourth-order valence-corrected chi connectivity index (χ4v) is 4.38. The Labute approximate surface area is 176 Å². The molecule has 1 aromatic heterocycles. The number of benzene rings is 2. The van der Waals surface area contributed by atoms with E-state index in [9.17, 15) is 4.79 Å². The lowest BCUT2D eigenvalue weighted by molar-refractivity contribution is 0.0995. The highest BCUT2D eigenvalue weighted by molar-refractivity contribution is 7.18. The van der Waals surface area contributed by atoms with Crippen LogP contribution in [0.5, 0.6) is 5.75 Å². The molecule has 2 N–H and O–H groups in total. The molecule has 0 bridgehead atoms. The molecule has 0 spiro atoms. The van der Waals surface area contributed by atoms with Gasteiger partial charge in [0.05, 0.1) is 15.9 Å². The van der Waals surface area contributed by atoms with Crippen molar-refractivity contribution < 1.29 is 13.9 Å². The van der Waals surface area contributed by atoms with Crippen molar-refractivity contribution >= 4 is 44.7 Å². The van der Waals surface area contributed by atoms with E-state index in [-0.39, 0.29) is 17.9 Å². The first-order valence-electron chi connectivity index (χ1n) is 9.16. The third-order valence-electron chi connectivity index (χ3n) is 4.92. The summed E-state index contributed by atoms with van der Waals surface area (Å²) in [4.78, 5) is 20.6. The van der Waals surface area contributed by atoms with E-state index in [4.69, 9.17) is 22.1 Å². The average molecular weight is 435 g/mol. The van der Waals surface area contributed by atoms with Gasteiger partial charge in [0.15, 0.2) is 11.6 Å². The second kappa shape index (κ2) is 8.14. The maximum absolute atomic E-state index is 15.1. The standard InChI is InChI=1S/C20H20ClFN4O2S/c1-25-6-8-26(9-7-25)14-3-4-15(19(22)18(14)20(23)27)28-11-17-24-13-10-12(21)2-5-16(13)29-17/h2-5,10H,6-9,11H2,1H3,(H2,23,27). The van der Waals surface area contributed by atoms with Crippen molar-refractivity contribution in [1.29, 1.82) is 0 Å². The maximum Gasteiger partial charge on any atom is 0.253 e. The predicted molar refractivity (Wildman–Crippen MR) is 114 cm³/mol. The zero-order chi connectivity index (χ0) is 20.5. The van der Waals surface area contributed by atoms with Crippen LogP contribution in [0.15, 0.2) is 30.3 Å². The number of carbonyl (C=O) groups excluding carboxylic acids is 1. The van der Waals surface area contributed by atoms with Gasteiger partial charge in [-0.05, 0) is 37.4 Å². The molecule has 6 nitrogen and oxygen atoms in total. The van der Waals surface area contributed by atoms with Crippen molar-refractivity contribution in [1.82, 2.24) is 9.88 Å². The lowest BCUT2D eigenvalue weighted by Gasteiger charge is -2.35. The molecule has 1 amide bonds. The molecule has 29 heavy (non-hydrogen) atoms. The second-order valence-electron chi connectivity index (χ2n) is 6.93. The van der Waals surface area contributed by atoms with Gasteiger partial charge in [-0.25, -0.2) is 9.37 Å². The van der Waals surface area contributed by atoms with Gasteiger partial charge in [0.1, 0.15) is 17.2 Å². The number of anilines is 1. The molecule has 4 rings (SSSR count). The van der Waals surface area contributed by atoms with E-state index in [0.29, 0.717) is 28.8 Å². The van der Waals surface area contributed by atoms with Gasteiger partial charge >= 0.3 is 0 Å². The summed E-state index contributed by atoms with van der Waals surface area (Å²) < 4.78 is 21.7. The number of nitrogens with two attached hydrogens (primary N) is 1. The fraction of sp³-hybridized carbons (Fsp3) is 0.300. The van der Waals surface area contributed by atoms with Crippen LogP contribution in [0.3, 0.4) is 0 Å². The third kappa shape index (κ3) is 4.14. The second-order valence-corrected chi connectivity index (χ2v) is 8.49. The van der Waals surface area contributed by atoms with Crippen LogP contribution in [0.25, 0.3) is 10.2 Å². The van der Waals surface area contributed by atoms with Gasteiger partial charge in [0, 0.05) is 31.2 Å².